The van der Waals surface area contributed by atoms with Crippen LogP contribution in [0, 0.1) is 6.92 Å². The molecule has 124 valence electrons. The van der Waals surface area contributed by atoms with Gasteiger partial charge in [-0.05, 0) is 41.1 Å². The molecule has 2 aromatic heterocycles. The van der Waals surface area contributed by atoms with Gasteiger partial charge in [0.2, 0.25) is 0 Å². The predicted octanol–water partition coefficient (Wildman–Crippen LogP) is 3.22. The molecule has 1 fully saturated rings. The Kier molecular flexibility index (Phi) is 5.53. The molecule has 7 heteroatoms. The van der Waals surface area contributed by atoms with Crippen molar-refractivity contribution in [2.75, 3.05) is 32.8 Å². The molecule has 1 aliphatic rings. The van der Waals surface area contributed by atoms with Gasteiger partial charge in [-0.2, -0.15) is 0 Å². The van der Waals surface area contributed by atoms with E-state index >= 15 is 0 Å². The summed E-state index contributed by atoms with van der Waals surface area (Å²) in [5.74, 6) is 1.70. The van der Waals surface area contributed by atoms with Gasteiger partial charge in [0, 0.05) is 25.0 Å². The minimum absolute atomic E-state index is 0.0265. The molecule has 1 atom stereocenters. The van der Waals surface area contributed by atoms with Gasteiger partial charge in [0.05, 0.1) is 28.6 Å². The summed E-state index contributed by atoms with van der Waals surface area (Å²) in [4.78, 5) is 14.6. The van der Waals surface area contributed by atoms with E-state index < -0.39 is 0 Å². The van der Waals surface area contributed by atoms with Crippen LogP contribution in [0.15, 0.2) is 31.8 Å². The summed E-state index contributed by atoms with van der Waals surface area (Å²) in [5, 5.41) is 4.87. The first-order valence-corrected chi connectivity index (χ1v) is 9.21. The smallest absolute Gasteiger partial charge is 0.252 e. The Morgan fingerprint density at radius 2 is 2.22 bits per heavy atom. The Hall–Kier alpha value is -1.15. The number of hydrogen-bond donors (Lipinski definition) is 1. The number of furan rings is 1. The van der Waals surface area contributed by atoms with E-state index in [4.69, 9.17) is 9.15 Å². The highest BCUT2D eigenvalue weighted by atomic mass is 79.9. The van der Waals surface area contributed by atoms with Crippen molar-refractivity contribution in [2.45, 2.75) is 13.0 Å². The van der Waals surface area contributed by atoms with Crippen LogP contribution < -0.4 is 5.32 Å². The molecule has 0 aromatic carbocycles. The SMILES string of the molecule is Cc1ccc([C@@H](CNC(=O)c2csc(Br)c2)N2CCOCC2)o1. The van der Waals surface area contributed by atoms with Crippen LogP contribution in [0.5, 0.6) is 0 Å². The van der Waals surface area contributed by atoms with Crippen molar-refractivity contribution in [1.82, 2.24) is 10.2 Å². The first-order chi connectivity index (χ1) is 11.1. The molecule has 3 heterocycles. The van der Waals surface area contributed by atoms with Crippen molar-refractivity contribution in [3.05, 3.63) is 44.4 Å². The average Bonchev–Trinajstić information content (AvgIpc) is 3.17. The maximum absolute atomic E-state index is 12.3. The van der Waals surface area contributed by atoms with Crippen LogP contribution in [0.4, 0.5) is 0 Å². The van der Waals surface area contributed by atoms with Crippen LogP contribution in [0.2, 0.25) is 0 Å². The zero-order valence-corrected chi connectivity index (χ0v) is 15.3. The summed E-state index contributed by atoms with van der Waals surface area (Å²) in [6.07, 6.45) is 0. The number of nitrogens with zero attached hydrogens (tertiary/aromatic N) is 1. The van der Waals surface area contributed by atoms with E-state index in [1.807, 2.05) is 30.5 Å². The lowest BCUT2D eigenvalue weighted by Gasteiger charge is -2.33. The van der Waals surface area contributed by atoms with Crippen molar-refractivity contribution in [2.24, 2.45) is 0 Å². The number of ether oxygens (including phenoxy) is 1. The third kappa shape index (κ3) is 4.23. The zero-order valence-electron chi connectivity index (χ0n) is 12.9. The van der Waals surface area contributed by atoms with Crippen LogP contribution in [-0.2, 0) is 4.74 Å². The van der Waals surface area contributed by atoms with Crippen molar-refractivity contribution >= 4 is 33.2 Å². The summed E-state index contributed by atoms with van der Waals surface area (Å²) < 4.78 is 12.2. The molecular formula is C16H19BrN2O3S. The number of morpholine rings is 1. The highest BCUT2D eigenvalue weighted by Crippen LogP contribution is 2.24. The molecule has 0 bridgehead atoms. The number of amides is 1. The largest absolute Gasteiger partial charge is 0.465 e. The summed E-state index contributed by atoms with van der Waals surface area (Å²) in [6.45, 7) is 5.54. The van der Waals surface area contributed by atoms with Gasteiger partial charge in [-0.15, -0.1) is 11.3 Å². The number of carbonyl (C=O) groups is 1. The van der Waals surface area contributed by atoms with Gasteiger partial charge >= 0.3 is 0 Å². The molecule has 23 heavy (non-hydrogen) atoms. The monoisotopic (exact) mass is 398 g/mol. The Morgan fingerprint density at radius 1 is 1.43 bits per heavy atom. The molecule has 1 aliphatic heterocycles. The van der Waals surface area contributed by atoms with Crippen LogP contribution in [-0.4, -0.2) is 43.7 Å². The van der Waals surface area contributed by atoms with Gasteiger partial charge < -0.3 is 14.5 Å². The average molecular weight is 399 g/mol. The first kappa shape index (κ1) is 16.7. The zero-order chi connectivity index (χ0) is 16.2. The topological polar surface area (TPSA) is 54.7 Å². The lowest BCUT2D eigenvalue weighted by Crippen LogP contribution is -2.43. The van der Waals surface area contributed by atoms with Gasteiger partial charge in [-0.1, -0.05) is 0 Å². The number of hydrogen-bond acceptors (Lipinski definition) is 5. The summed E-state index contributed by atoms with van der Waals surface area (Å²) in [7, 11) is 0. The lowest BCUT2D eigenvalue weighted by atomic mass is 10.1. The second kappa shape index (κ2) is 7.61. The van der Waals surface area contributed by atoms with Gasteiger partial charge in [0.1, 0.15) is 11.5 Å². The van der Waals surface area contributed by atoms with E-state index in [2.05, 4.69) is 26.1 Å². The number of halogens is 1. The minimum Gasteiger partial charge on any atom is -0.465 e. The van der Waals surface area contributed by atoms with Gasteiger partial charge in [-0.25, -0.2) is 0 Å². The predicted molar refractivity (Wildman–Crippen MR) is 92.9 cm³/mol. The van der Waals surface area contributed by atoms with Crippen molar-refractivity contribution in [3.8, 4) is 0 Å². The molecule has 0 unspecified atom stereocenters. The third-order valence-electron chi connectivity index (χ3n) is 3.86. The van der Waals surface area contributed by atoms with Crippen LogP contribution in [0.25, 0.3) is 0 Å². The van der Waals surface area contributed by atoms with E-state index in [1.165, 1.54) is 11.3 Å². The number of thiophene rings is 1. The minimum atomic E-state index is -0.0616. The normalized spacial score (nSPS) is 17.1. The molecule has 1 N–H and O–H groups in total. The van der Waals surface area contributed by atoms with Crippen LogP contribution >= 0.6 is 27.3 Å². The second-order valence-corrected chi connectivity index (χ2v) is 7.75. The molecule has 0 aliphatic carbocycles. The van der Waals surface area contributed by atoms with Crippen LogP contribution in [0.1, 0.15) is 27.9 Å². The van der Waals surface area contributed by atoms with Gasteiger partial charge in [-0.3, -0.25) is 9.69 Å². The fourth-order valence-electron chi connectivity index (χ4n) is 2.65. The Labute approximate surface area is 147 Å². The Balaban J connectivity index is 1.69. The standard InChI is InChI=1S/C16H19BrN2O3S/c1-11-2-3-14(22-11)13(19-4-6-21-7-5-19)9-18-16(20)12-8-15(17)23-10-12/h2-3,8,10,13H,4-7,9H2,1H3,(H,18,20)/t13-/m1/s1. The molecular weight excluding hydrogens is 380 g/mol. The molecule has 1 amide bonds. The highest BCUT2D eigenvalue weighted by Gasteiger charge is 2.25. The summed E-state index contributed by atoms with van der Waals surface area (Å²) in [6, 6.07) is 5.81. The summed E-state index contributed by atoms with van der Waals surface area (Å²) in [5.41, 5.74) is 0.679. The third-order valence-corrected chi connectivity index (χ3v) is 5.37. The molecule has 5 nitrogen and oxygen atoms in total. The molecule has 0 saturated carbocycles. The van der Waals surface area contributed by atoms with E-state index in [0.29, 0.717) is 25.3 Å². The Bertz CT molecular complexity index is 664. The summed E-state index contributed by atoms with van der Waals surface area (Å²) >= 11 is 4.89. The number of rotatable bonds is 5. The van der Waals surface area contributed by atoms with Gasteiger partial charge in [0.25, 0.3) is 5.91 Å². The fraction of sp³-hybridized carbons (Fsp3) is 0.438. The van der Waals surface area contributed by atoms with Crippen molar-refractivity contribution in [3.63, 3.8) is 0 Å². The quantitative estimate of drug-likeness (QED) is 0.839. The fourth-order valence-corrected chi connectivity index (χ4v) is 3.79. The lowest BCUT2D eigenvalue weighted by molar-refractivity contribution is 0.0117. The van der Waals surface area contributed by atoms with Gasteiger partial charge in [0.15, 0.2) is 0 Å². The Morgan fingerprint density at radius 3 is 2.83 bits per heavy atom. The van der Waals surface area contributed by atoms with Crippen molar-refractivity contribution in [1.29, 1.82) is 0 Å². The second-order valence-electron chi connectivity index (χ2n) is 5.46. The number of carbonyl (C=O) groups excluding carboxylic acids is 1. The number of nitrogens with one attached hydrogen (secondary N) is 1. The van der Waals surface area contributed by atoms with E-state index in [9.17, 15) is 4.79 Å². The first-order valence-electron chi connectivity index (χ1n) is 7.54. The van der Waals surface area contributed by atoms with Crippen molar-refractivity contribution < 1.29 is 13.9 Å². The van der Waals surface area contributed by atoms with E-state index in [-0.39, 0.29) is 11.9 Å². The number of aryl methyl sites for hydroxylation is 1. The van der Waals surface area contributed by atoms with Crippen LogP contribution in [0.3, 0.4) is 0 Å². The van der Waals surface area contributed by atoms with E-state index in [1.54, 1.807) is 0 Å². The molecule has 2 aromatic rings. The maximum atomic E-state index is 12.3. The molecule has 0 radical (unpaired) electrons. The maximum Gasteiger partial charge on any atom is 0.252 e. The van der Waals surface area contributed by atoms with E-state index in [0.717, 1.165) is 28.4 Å². The molecule has 3 rings (SSSR count). The highest BCUT2D eigenvalue weighted by molar-refractivity contribution is 9.11. The molecule has 0 spiro atoms. The molecule has 1 saturated heterocycles.